The lowest BCUT2D eigenvalue weighted by Crippen LogP contribution is -2.40. The van der Waals surface area contributed by atoms with E-state index in [1.54, 1.807) is 18.2 Å². The summed E-state index contributed by atoms with van der Waals surface area (Å²) in [6, 6.07) is 11.7. The molecule has 10 heteroatoms. The van der Waals surface area contributed by atoms with E-state index in [1.807, 2.05) is 36.9 Å². The molecular weight excluding hydrogens is 540 g/mol. The zero-order chi connectivity index (χ0) is 29.5. The van der Waals surface area contributed by atoms with Crippen molar-refractivity contribution in [2.75, 3.05) is 13.2 Å². The Morgan fingerprint density at radius 2 is 1.80 bits per heavy atom. The number of hydrogen-bond acceptors (Lipinski definition) is 6. The SMILES string of the molecule is CCCCC1=NC2(CCCC2)C(=O)N1Cc1ccc(-c2ccccc2S(=O)(=O)NC(=O)NCCC)c(COCC)c1. The lowest BCUT2D eigenvalue weighted by molar-refractivity contribution is -0.131. The third-order valence-electron chi connectivity index (χ3n) is 7.68. The number of hydrogen-bond donors (Lipinski definition) is 2. The van der Waals surface area contributed by atoms with Crippen LogP contribution in [0, 0.1) is 0 Å². The average molecular weight is 583 g/mol. The highest BCUT2D eigenvalue weighted by Gasteiger charge is 2.49. The Balaban J connectivity index is 1.67. The van der Waals surface area contributed by atoms with Crippen molar-refractivity contribution in [2.45, 2.75) is 95.7 Å². The molecule has 1 spiro atoms. The van der Waals surface area contributed by atoms with Crippen LogP contribution in [0.25, 0.3) is 11.1 Å². The Morgan fingerprint density at radius 3 is 2.51 bits per heavy atom. The number of urea groups is 1. The number of nitrogens with one attached hydrogen (secondary N) is 2. The monoisotopic (exact) mass is 582 g/mol. The molecule has 0 aromatic heterocycles. The summed E-state index contributed by atoms with van der Waals surface area (Å²) in [5.41, 5.74) is 2.29. The second-order valence-corrected chi connectivity index (χ2v) is 12.4. The van der Waals surface area contributed by atoms with Crippen LogP contribution in [0.3, 0.4) is 0 Å². The van der Waals surface area contributed by atoms with Crippen LogP contribution >= 0.6 is 0 Å². The molecule has 222 valence electrons. The molecule has 0 bridgehead atoms. The van der Waals surface area contributed by atoms with Gasteiger partial charge in [-0.25, -0.2) is 17.9 Å². The molecule has 4 rings (SSSR count). The quantitative estimate of drug-likeness (QED) is 0.322. The number of aliphatic imine (C=N–C) groups is 1. The van der Waals surface area contributed by atoms with E-state index >= 15 is 0 Å². The number of carbonyl (C=O) groups is 2. The summed E-state index contributed by atoms with van der Waals surface area (Å²) in [4.78, 5) is 32.7. The standard InChI is InChI=1S/C31H42N4O5S/c1-4-7-14-28-33-31(17-10-11-18-31)29(36)35(28)21-23-15-16-25(24(20-23)22-40-6-3)26-12-8-9-13-27(26)41(38,39)34-30(37)32-19-5-2/h8-9,12-13,15-16,20H,4-7,10-11,14,17-19,21-22H2,1-3H3,(H2,32,34,37). The van der Waals surface area contributed by atoms with E-state index in [0.717, 1.165) is 61.9 Å². The Kier molecular flexibility index (Phi) is 10.2. The van der Waals surface area contributed by atoms with E-state index < -0.39 is 21.6 Å². The van der Waals surface area contributed by atoms with Gasteiger partial charge in [-0.05, 0) is 55.4 Å². The molecule has 1 aliphatic heterocycles. The number of ether oxygens (including phenoxy) is 1. The van der Waals surface area contributed by atoms with Gasteiger partial charge in [0, 0.05) is 25.1 Å². The number of unbranched alkanes of at least 4 members (excludes halogenated alkanes) is 1. The summed E-state index contributed by atoms with van der Waals surface area (Å²) in [6.45, 7) is 7.46. The molecule has 1 heterocycles. The van der Waals surface area contributed by atoms with Crippen LogP contribution in [-0.4, -0.2) is 49.8 Å². The first-order chi connectivity index (χ1) is 19.7. The fraction of sp³-hybridized carbons (Fsp3) is 0.516. The van der Waals surface area contributed by atoms with E-state index in [1.165, 1.54) is 6.07 Å². The molecule has 0 unspecified atom stereocenters. The highest BCUT2D eigenvalue weighted by atomic mass is 32.2. The Labute approximate surface area is 243 Å². The van der Waals surface area contributed by atoms with Gasteiger partial charge in [-0.2, -0.15) is 0 Å². The molecule has 1 fully saturated rings. The van der Waals surface area contributed by atoms with Crippen molar-refractivity contribution in [1.82, 2.24) is 14.9 Å². The van der Waals surface area contributed by atoms with Gasteiger partial charge >= 0.3 is 6.03 Å². The molecule has 1 aliphatic carbocycles. The van der Waals surface area contributed by atoms with Crippen LogP contribution in [0.1, 0.15) is 83.3 Å². The van der Waals surface area contributed by atoms with Crippen LogP contribution in [0.4, 0.5) is 4.79 Å². The fourth-order valence-corrected chi connectivity index (χ4v) is 6.75. The maximum absolute atomic E-state index is 13.6. The first kappa shape index (κ1) is 30.7. The van der Waals surface area contributed by atoms with Gasteiger partial charge in [0.2, 0.25) is 0 Å². The van der Waals surface area contributed by atoms with Gasteiger partial charge in [-0.15, -0.1) is 0 Å². The fourth-order valence-electron chi connectivity index (χ4n) is 5.60. The molecule has 3 amide bonds. The van der Waals surface area contributed by atoms with Crippen LogP contribution in [0.5, 0.6) is 0 Å². The minimum Gasteiger partial charge on any atom is -0.377 e. The highest BCUT2D eigenvalue weighted by Crippen LogP contribution is 2.40. The molecule has 0 atom stereocenters. The van der Waals surface area contributed by atoms with Gasteiger partial charge in [0.25, 0.3) is 15.9 Å². The minimum absolute atomic E-state index is 0.00373. The van der Waals surface area contributed by atoms with E-state index in [4.69, 9.17) is 9.73 Å². The largest absolute Gasteiger partial charge is 0.377 e. The third-order valence-corrected chi connectivity index (χ3v) is 9.07. The van der Waals surface area contributed by atoms with Crippen molar-refractivity contribution >= 4 is 27.8 Å². The number of carbonyl (C=O) groups excluding carboxylic acids is 2. The molecule has 2 aliphatic rings. The third kappa shape index (κ3) is 6.98. The molecule has 2 aromatic rings. The van der Waals surface area contributed by atoms with Crippen molar-refractivity contribution in [2.24, 2.45) is 4.99 Å². The van der Waals surface area contributed by atoms with Gasteiger partial charge in [0.1, 0.15) is 11.4 Å². The number of nitrogens with zero attached hydrogens (tertiary/aromatic N) is 2. The molecule has 2 N–H and O–H groups in total. The zero-order valence-electron chi connectivity index (χ0n) is 24.4. The van der Waals surface area contributed by atoms with E-state index in [2.05, 4.69) is 17.0 Å². The highest BCUT2D eigenvalue weighted by molar-refractivity contribution is 7.90. The van der Waals surface area contributed by atoms with Crippen LogP contribution in [-0.2, 0) is 32.7 Å². The number of rotatable bonds is 13. The Hall–Kier alpha value is -3.24. The number of benzene rings is 2. The maximum Gasteiger partial charge on any atom is 0.328 e. The summed E-state index contributed by atoms with van der Waals surface area (Å²) in [7, 11) is -4.14. The minimum atomic E-state index is -4.14. The molecule has 2 aromatic carbocycles. The first-order valence-corrected chi connectivity index (χ1v) is 16.2. The second-order valence-electron chi connectivity index (χ2n) is 10.7. The van der Waals surface area contributed by atoms with E-state index in [0.29, 0.717) is 37.2 Å². The summed E-state index contributed by atoms with van der Waals surface area (Å²) in [5.74, 6) is 0.971. The van der Waals surface area contributed by atoms with Crippen LogP contribution in [0.15, 0.2) is 52.4 Å². The smallest absolute Gasteiger partial charge is 0.328 e. The zero-order valence-corrected chi connectivity index (χ0v) is 25.2. The second kappa shape index (κ2) is 13.6. The lowest BCUT2D eigenvalue weighted by atomic mass is 9.96. The normalized spacial score (nSPS) is 16.3. The first-order valence-electron chi connectivity index (χ1n) is 14.7. The summed E-state index contributed by atoms with van der Waals surface area (Å²) in [5, 5.41) is 2.55. The molecule has 1 saturated carbocycles. The van der Waals surface area contributed by atoms with Crippen molar-refractivity contribution in [3.63, 3.8) is 0 Å². The average Bonchev–Trinajstić information content (AvgIpc) is 3.54. The molecule has 0 radical (unpaired) electrons. The maximum atomic E-state index is 13.6. The van der Waals surface area contributed by atoms with Crippen molar-refractivity contribution in [1.29, 1.82) is 0 Å². The predicted octanol–water partition coefficient (Wildman–Crippen LogP) is 5.53. The summed E-state index contributed by atoms with van der Waals surface area (Å²) >= 11 is 0. The Morgan fingerprint density at radius 1 is 1.05 bits per heavy atom. The predicted molar refractivity (Wildman–Crippen MR) is 160 cm³/mol. The summed E-state index contributed by atoms with van der Waals surface area (Å²) < 4.78 is 34.4. The van der Waals surface area contributed by atoms with Crippen LogP contribution < -0.4 is 10.0 Å². The van der Waals surface area contributed by atoms with Gasteiger partial charge in [-0.3, -0.25) is 14.7 Å². The van der Waals surface area contributed by atoms with Gasteiger partial charge in [0.05, 0.1) is 18.0 Å². The topological polar surface area (TPSA) is 117 Å². The van der Waals surface area contributed by atoms with Crippen molar-refractivity contribution < 1.29 is 22.7 Å². The molecule has 0 saturated heterocycles. The van der Waals surface area contributed by atoms with Gasteiger partial charge in [-0.1, -0.05) is 69.5 Å². The van der Waals surface area contributed by atoms with Crippen molar-refractivity contribution in [3.8, 4) is 11.1 Å². The number of sulfonamides is 1. The number of amides is 3. The summed E-state index contributed by atoms with van der Waals surface area (Å²) in [6.07, 6.45) is 7.13. The number of amidine groups is 1. The molecular formula is C31H42N4O5S. The Bertz CT molecular complexity index is 1380. The van der Waals surface area contributed by atoms with Crippen molar-refractivity contribution in [3.05, 3.63) is 53.6 Å². The molecule has 9 nitrogen and oxygen atoms in total. The van der Waals surface area contributed by atoms with Gasteiger partial charge in [0.15, 0.2) is 0 Å². The van der Waals surface area contributed by atoms with Crippen LogP contribution in [0.2, 0.25) is 0 Å². The van der Waals surface area contributed by atoms with E-state index in [9.17, 15) is 18.0 Å². The van der Waals surface area contributed by atoms with E-state index in [-0.39, 0.29) is 17.4 Å². The lowest BCUT2D eigenvalue weighted by Gasteiger charge is -2.23. The van der Waals surface area contributed by atoms with Gasteiger partial charge < -0.3 is 10.1 Å². The molecule has 41 heavy (non-hydrogen) atoms.